The van der Waals surface area contributed by atoms with Crippen molar-refractivity contribution in [3.63, 3.8) is 0 Å². The fourth-order valence-electron chi connectivity index (χ4n) is 3.46. The van der Waals surface area contributed by atoms with Gasteiger partial charge in [-0.15, -0.1) is 11.8 Å². The predicted molar refractivity (Wildman–Crippen MR) is 110 cm³/mol. The average molecular weight is 430 g/mol. The number of carbonyl (C=O) groups is 1. The van der Waals surface area contributed by atoms with Gasteiger partial charge in [-0.25, -0.2) is 0 Å². The molecule has 0 aliphatic carbocycles. The summed E-state index contributed by atoms with van der Waals surface area (Å²) in [6.07, 6.45) is -3.90. The average Bonchev–Trinajstić information content (AvgIpc) is 2.74. The molecule has 2 heterocycles. The molecule has 0 N–H and O–H groups in total. The van der Waals surface area contributed by atoms with E-state index >= 15 is 0 Å². The molecule has 1 atom stereocenters. The number of anilines is 1. The highest BCUT2D eigenvalue weighted by atomic mass is 32.2. The Kier molecular flexibility index (Phi) is 5.42. The zero-order valence-corrected chi connectivity index (χ0v) is 16.5. The van der Waals surface area contributed by atoms with Crippen molar-refractivity contribution in [2.24, 2.45) is 0 Å². The number of pyridine rings is 1. The Hall–Kier alpha value is -3.00. The summed E-state index contributed by atoms with van der Waals surface area (Å²) in [6.45, 7) is -0.481. The van der Waals surface area contributed by atoms with Crippen molar-refractivity contribution in [1.29, 1.82) is 0 Å². The second-order valence-corrected chi connectivity index (χ2v) is 7.91. The maximum Gasteiger partial charge on any atom is 0.417 e. The number of rotatable bonds is 3. The number of amides is 1. The Morgan fingerprint density at radius 3 is 2.43 bits per heavy atom. The summed E-state index contributed by atoms with van der Waals surface area (Å²) in [4.78, 5) is 27.9. The van der Waals surface area contributed by atoms with Gasteiger partial charge in [0, 0.05) is 22.9 Å². The minimum atomic E-state index is -4.60. The van der Waals surface area contributed by atoms with Crippen LogP contribution in [0.3, 0.4) is 0 Å². The Balaban J connectivity index is 1.73. The van der Waals surface area contributed by atoms with E-state index in [4.69, 9.17) is 0 Å². The van der Waals surface area contributed by atoms with Crippen LogP contribution < -0.4 is 10.5 Å². The number of fused-ring (bicyclic) bond motifs is 1. The lowest BCUT2D eigenvalue weighted by molar-refractivity contribution is -0.138. The van der Waals surface area contributed by atoms with Crippen LogP contribution in [0, 0.1) is 0 Å². The molecule has 30 heavy (non-hydrogen) atoms. The van der Waals surface area contributed by atoms with Gasteiger partial charge in [0.15, 0.2) is 0 Å². The number of hydrogen-bond acceptors (Lipinski definition) is 3. The molecule has 8 heteroatoms. The number of carbonyl (C=O) groups excluding carboxylic acids is 1. The van der Waals surface area contributed by atoms with Gasteiger partial charge in [0.1, 0.15) is 6.54 Å². The highest BCUT2D eigenvalue weighted by Crippen LogP contribution is 2.43. The predicted octanol–water partition coefficient (Wildman–Crippen LogP) is 4.75. The van der Waals surface area contributed by atoms with E-state index in [0.29, 0.717) is 17.6 Å². The Labute approximate surface area is 174 Å². The molecule has 1 amide bonds. The number of para-hydroxylation sites is 1. The third kappa shape index (κ3) is 4.00. The molecule has 1 aliphatic heterocycles. The standard InChI is InChI=1S/C22H17F3N2O2S/c23-22(24,25)16-10-11-20(28)26(12-16)13-21(29)27-17-8-4-5-9-19(17)30-14-18(27)15-6-2-1-3-7-15/h1-12,18H,13-14H2/t18-/m0/s1. The van der Waals surface area contributed by atoms with Crippen molar-refractivity contribution in [1.82, 2.24) is 4.57 Å². The van der Waals surface area contributed by atoms with Crippen molar-refractivity contribution in [3.05, 3.63) is 94.4 Å². The number of halogens is 3. The molecule has 0 radical (unpaired) electrons. The van der Waals surface area contributed by atoms with Crippen LogP contribution in [0.4, 0.5) is 18.9 Å². The molecule has 0 fully saturated rings. The summed E-state index contributed by atoms with van der Waals surface area (Å²) >= 11 is 1.62. The maximum absolute atomic E-state index is 13.3. The van der Waals surface area contributed by atoms with Crippen molar-refractivity contribution in [3.8, 4) is 0 Å². The van der Waals surface area contributed by atoms with Gasteiger partial charge in [0.05, 0.1) is 17.3 Å². The van der Waals surface area contributed by atoms with Crippen molar-refractivity contribution in [2.45, 2.75) is 23.7 Å². The molecule has 1 aliphatic rings. The molecule has 154 valence electrons. The number of aromatic nitrogens is 1. The summed E-state index contributed by atoms with van der Waals surface area (Å²) in [5, 5.41) is 0. The Morgan fingerprint density at radius 1 is 1.00 bits per heavy atom. The summed E-state index contributed by atoms with van der Waals surface area (Å²) in [6, 6.07) is 18.1. The molecule has 0 spiro atoms. The molecule has 0 unspecified atom stereocenters. The second kappa shape index (κ2) is 8.02. The van der Waals surface area contributed by atoms with Crippen LogP contribution >= 0.6 is 11.8 Å². The van der Waals surface area contributed by atoms with E-state index in [1.165, 1.54) is 0 Å². The number of alkyl halides is 3. The van der Waals surface area contributed by atoms with E-state index < -0.39 is 29.8 Å². The summed E-state index contributed by atoms with van der Waals surface area (Å²) in [5.41, 5.74) is -0.0201. The number of nitrogens with zero attached hydrogens (tertiary/aromatic N) is 2. The fraction of sp³-hybridized carbons (Fsp3) is 0.182. The van der Waals surface area contributed by atoms with Crippen LogP contribution in [0.15, 0.2) is 82.6 Å². The molecular weight excluding hydrogens is 413 g/mol. The van der Waals surface area contributed by atoms with Crippen LogP contribution in [0.1, 0.15) is 17.2 Å². The molecule has 0 bridgehead atoms. The first-order valence-corrected chi connectivity index (χ1v) is 10.2. The van der Waals surface area contributed by atoms with Gasteiger partial charge in [0.25, 0.3) is 5.56 Å². The largest absolute Gasteiger partial charge is 0.417 e. The normalized spacial score (nSPS) is 16.2. The van der Waals surface area contributed by atoms with E-state index in [1.807, 2.05) is 54.6 Å². The topological polar surface area (TPSA) is 42.3 Å². The van der Waals surface area contributed by atoms with Crippen LogP contribution in [-0.4, -0.2) is 16.2 Å². The third-order valence-electron chi connectivity index (χ3n) is 4.90. The van der Waals surface area contributed by atoms with Gasteiger partial charge >= 0.3 is 6.18 Å². The highest BCUT2D eigenvalue weighted by molar-refractivity contribution is 7.99. The van der Waals surface area contributed by atoms with Gasteiger partial charge in [-0.05, 0) is 23.8 Å². The van der Waals surface area contributed by atoms with Gasteiger partial charge < -0.3 is 9.47 Å². The monoisotopic (exact) mass is 430 g/mol. The molecule has 0 saturated carbocycles. The van der Waals surface area contributed by atoms with Crippen LogP contribution in [0.5, 0.6) is 0 Å². The van der Waals surface area contributed by atoms with E-state index in [1.54, 1.807) is 16.7 Å². The van der Waals surface area contributed by atoms with Gasteiger partial charge in [-0.3, -0.25) is 9.59 Å². The number of benzene rings is 2. The summed E-state index contributed by atoms with van der Waals surface area (Å²) in [7, 11) is 0. The molecule has 1 aromatic heterocycles. The zero-order valence-electron chi connectivity index (χ0n) is 15.7. The van der Waals surface area contributed by atoms with E-state index in [-0.39, 0.29) is 6.04 Å². The van der Waals surface area contributed by atoms with E-state index in [9.17, 15) is 22.8 Å². The van der Waals surface area contributed by atoms with Crippen molar-refractivity contribution < 1.29 is 18.0 Å². The SMILES string of the molecule is O=C(Cn1cc(C(F)(F)F)ccc1=O)N1c2ccccc2SC[C@H]1c1ccccc1. The van der Waals surface area contributed by atoms with E-state index in [2.05, 4.69) is 0 Å². The molecule has 0 saturated heterocycles. The van der Waals surface area contributed by atoms with Gasteiger partial charge in [-0.2, -0.15) is 13.2 Å². The Morgan fingerprint density at radius 2 is 1.70 bits per heavy atom. The molecule has 4 nitrogen and oxygen atoms in total. The van der Waals surface area contributed by atoms with Crippen LogP contribution in [-0.2, 0) is 17.5 Å². The lowest BCUT2D eigenvalue weighted by atomic mass is 10.1. The quantitative estimate of drug-likeness (QED) is 0.603. The summed E-state index contributed by atoms with van der Waals surface area (Å²) in [5.74, 6) is 0.155. The zero-order chi connectivity index (χ0) is 21.3. The van der Waals surface area contributed by atoms with Crippen LogP contribution in [0.2, 0.25) is 0 Å². The number of hydrogen-bond donors (Lipinski definition) is 0. The first-order valence-electron chi connectivity index (χ1n) is 9.21. The molecule has 3 aromatic rings. The van der Waals surface area contributed by atoms with Crippen molar-refractivity contribution in [2.75, 3.05) is 10.7 Å². The first-order chi connectivity index (χ1) is 14.3. The third-order valence-corrected chi connectivity index (χ3v) is 6.04. The van der Waals surface area contributed by atoms with Gasteiger partial charge in [0.2, 0.25) is 5.91 Å². The lowest BCUT2D eigenvalue weighted by Gasteiger charge is -2.37. The molecular formula is C22H17F3N2O2S. The summed E-state index contributed by atoms with van der Waals surface area (Å²) < 4.78 is 40.0. The molecule has 4 rings (SSSR count). The second-order valence-electron chi connectivity index (χ2n) is 6.85. The number of thioether (sulfide) groups is 1. The lowest BCUT2D eigenvalue weighted by Crippen LogP contribution is -2.42. The molecule has 2 aromatic carbocycles. The Bertz CT molecular complexity index is 1130. The maximum atomic E-state index is 13.3. The highest BCUT2D eigenvalue weighted by Gasteiger charge is 2.34. The smallest absolute Gasteiger partial charge is 0.305 e. The van der Waals surface area contributed by atoms with Gasteiger partial charge in [-0.1, -0.05) is 42.5 Å². The van der Waals surface area contributed by atoms with E-state index in [0.717, 1.165) is 27.2 Å². The fourth-order valence-corrected chi connectivity index (χ4v) is 4.63. The first kappa shape index (κ1) is 20.3. The van der Waals surface area contributed by atoms with Crippen LogP contribution in [0.25, 0.3) is 0 Å². The minimum Gasteiger partial charge on any atom is -0.305 e. The van der Waals surface area contributed by atoms with Crippen molar-refractivity contribution >= 4 is 23.4 Å². The minimum absolute atomic E-state index is 0.292.